The normalized spacial score (nSPS) is 20.1. The molecular weight excluding hydrogens is 534 g/mol. The highest BCUT2D eigenvalue weighted by atomic mass is 19.1. The van der Waals surface area contributed by atoms with Crippen molar-refractivity contribution >= 4 is 23.5 Å². The molecule has 41 heavy (non-hydrogen) atoms. The lowest BCUT2D eigenvalue weighted by atomic mass is 9.72. The van der Waals surface area contributed by atoms with Crippen molar-refractivity contribution in [2.45, 2.75) is 64.8 Å². The van der Waals surface area contributed by atoms with E-state index in [2.05, 4.69) is 5.32 Å². The van der Waals surface area contributed by atoms with Crippen molar-refractivity contribution in [3.63, 3.8) is 0 Å². The van der Waals surface area contributed by atoms with Gasteiger partial charge in [-0.25, -0.2) is 8.78 Å². The molecule has 1 saturated carbocycles. The van der Waals surface area contributed by atoms with Gasteiger partial charge in [-0.3, -0.25) is 14.4 Å². The van der Waals surface area contributed by atoms with Gasteiger partial charge in [-0.15, -0.1) is 0 Å². The zero-order valence-electron chi connectivity index (χ0n) is 24.0. The third-order valence-corrected chi connectivity index (χ3v) is 7.89. The molecule has 2 aromatic carbocycles. The number of fused-ring (bicyclic) bond motifs is 1. The van der Waals surface area contributed by atoms with Crippen LogP contribution in [-0.4, -0.2) is 54.2 Å². The number of aliphatic carboxylic acids is 1. The summed E-state index contributed by atoms with van der Waals surface area (Å²) in [6.45, 7) is 8.31. The second-order valence-corrected chi connectivity index (χ2v) is 11.4. The van der Waals surface area contributed by atoms with E-state index in [1.165, 1.54) is 4.90 Å². The number of benzene rings is 2. The first-order valence-electron chi connectivity index (χ1n) is 14.1. The zero-order valence-corrected chi connectivity index (χ0v) is 24.0. The molecule has 10 heteroatoms. The van der Waals surface area contributed by atoms with E-state index in [0.717, 1.165) is 17.7 Å². The first kappa shape index (κ1) is 30.4. The molecule has 4 rings (SSSR count). The number of carboxylic acid groups (broad SMARTS) is 1. The maximum Gasteiger partial charge on any atom is 0.303 e. The first-order chi connectivity index (χ1) is 19.4. The number of hydrogen-bond acceptors (Lipinski definition) is 5. The number of nitrogens with one attached hydrogen (secondary N) is 1. The van der Waals surface area contributed by atoms with Gasteiger partial charge in [-0.2, -0.15) is 0 Å². The van der Waals surface area contributed by atoms with Gasteiger partial charge in [-0.05, 0) is 74.4 Å². The molecule has 2 aromatic rings. The molecule has 0 spiro atoms. The number of anilines is 1. The lowest BCUT2D eigenvalue weighted by molar-refractivity contribution is -0.149. The summed E-state index contributed by atoms with van der Waals surface area (Å²) in [5.41, 5.74) is 0.340. The molecule has 2 aliphatic rings. The highest BCUT2D eigenvalue weighted by Crippen LogP contribution is 2.41. The summed E-state index contributed by atoms with van der Waals surface area (Å²) < 4.78 is 41.4. The summed E-state index contributed by atoms with van der Waals surface area (Å²) in [7, 11) is 0. The van der Waals surface area contributed by atoms with Gasteiger partial charge in [0.1, 0.15) is 23.4 Å². The van der Waals surface area contributed by atoms with Gasteiger partial charge in [0, 0.05) is 42.2 Å². The van der Waals surface area contributed by atoms with Crippen LogP contribution in [0.1, 0.15) is 69.7 Å². The van der Waals surface area contributed by atoms with Crippen LogP contribution in [0.15, 0.2) is 30.3 Å². The fourth-order valence-corrected chi connectivity index (χ4v) is 5.90. The van der Waals surface area contributed by atoms with E-state index in [0.29, 0.717) is 43.8 Å². The predicted molar refractivity (Wildman–Crippen MR) is 149 cm³/mol. The largest absolute Gasteiger partial charge is 0.494 e. The predicted octanol–water partition coefficient (Wildman–Crippen LogP) is 5.24. The summed E-state index contributed by atoms with van der Waals surface area (Å²) in [4.78, 5) is 39.9. The number of nitrogens with zero attached hydrogens (tertiary/aromatic N) is 1. The SMILES string of the molecule is CCOCC(C)(C)c1c(F)cc(NC(=O)C2c3ccc(OCC)cc3CCN2C(=O)C2CC(CC(=O)O)C2)cc1F. The number of rotatable bonds is 11. The summed E-state index contributed by atoms with van der Waals surface area (Å²) in [5, 5.41) is 11.7. The Morgan fingerprint density at radius 3 is 2.37 bits per heavy atom. The Bertz CT molecular complexity index is 1280. The van der Waals surface area contributed by atoms with Gasteiger partial charge in [-0.1, -0.05) is 19.9 Å². The third kappa shape index (κ3) is 6.69. The van der Waals surface area contributed by atoms with Crippen LogP contribution < -0.4 is 10.1 Å². The van der Waals surface area contributed by atoms with E-state index in [4.69, 9.17) is 14.6 Å². The van der Waals surface area contributed by atoms with Crippen molar-refractivity contribution in [2.24, 2.45) is 11.8 Å². The average molecular weight is 573 g/mol. The lowest BCUT2D eigenvalue weighted by Crippen LogP contribution is -2.50. The minimum absolute atomic E-state index is 0.00519. The van der Waals surface area contributed by atoms with Gasteiger partial charge in [0.05, 0.1) is 13.2 Å². The highest BCUT2D eigenvalue weighted by Gasteiger charge is 2.43. The molecule has 0 bridgehead atoms. The molecule has 0 radical (unpaired) electrons. The number of halogens is 2. The Kier molecular flexibility index (Phi) is 9.31. The van der Waals surface area contributed by atoms with Crippen molar-refractivity contribution in [3.8, 4) is 5.75 Å². The summed E-state index contributed by atoms with van der Waals surface area (Å²) in [6.07, 6.45) is 1.40. The van der Waals surface area contributed by atoms with E-state index in [1.54, 1.807) is 32.9 Å². The maximum atomic E-state index is 15.2. The number of amides is 2. The minimum Gasteiger partial charge on any atom is -0.494 e. The summed E-state index contributed by atoms with van der Waals surface area (Å²) in [5.74, 6) is -3.13. The molecule has 1 heterocycles. The maximum absolute atomic E-state index is 15.2. The van der Waals surface area contributed by atoms with Crippen molar-refractivity contribution in [2.75, 3.05) is 31.7 Å². The monoisotopic (exact) mass is 572 g/mol. The van der Waals surface area contributed by atoms with Crippen LogP contribution in [0.5, 0.6) is 5.75 Å². The molecule has 2 amide bonds. The Labute approximate surface area is 239 Å². The van der Waals surface area contributed by atoms with Gasteiger partial charge in [0.2, 0.25) is 5.91 Å². The highest BCUT2D eigenvalue weighted by molar-refractivity contribution is 5.99. The molecule has 1 aliphatic carbocycles. The molecule has 1 fully saturated rings. The molecule has 2 N–H and O–H groups in total. The van der Waals surface area contributed by atoms with Crippen molar-refractivity contribution in [3.05, 3.63) is 58.7 Å². The summed E-state index contributed by atoms with van der Waals surface area (Å²) >= 11 is 0. The van der Waals surface area contributed by atoms with E-state index in [-0.39, 0.29) is 48.6 Å². The van der Waals surface area contributed by atoms with E-state index in [9.17, 15) is 14.4 Å². The Morgan fingerprint density at radius 1 is 1.07 bits per heavy atom. The van der Waals surface area contributed by atoms with Crippen molar-refractivity contribution < 1.29 is 37.7 Å². The van der Waals surface area contributed by atoms with Gasteiger partial charge in [0.15, 0.2) is 0 Å². The molecule has 8 nitrogen and oxygen atoms in total. The smallest absolute Gasteiger partial charge is 0.303 e. The molecule has 1 aliphatic heterocycles. The van der Waals surface area contributed by atoms with E-state index < -0.39 is 35.0 Å². The van der Waals surface area contributed by atoms with E-state index >= 15 is 8.78 Å². The van der Waals surface area contributed by atoms with Crippen LogP contribution in [0, 0.1) is 23.5 Å². The first-order valence-corrected chi connectivity index (χ1v) is 14.1. The van der Waals surface area contributed by atoms with Crippen LogP contribution in [0.4, 0.5) is 14.5 Å². The molecule has 0 aromatic heterocycles. The Balaban J connectivity index is 1.61. The number of carboxylic acids is 1. The molecule has 1 unspecified atom stereocenters. The third-order valence-electron chi connectivity index (χ3n) is 7.89. The number of carbonyl (C=O) groups is 3. The van der Waals surface area contributed by atoms with Crippen LogP contribution in [-0.2, 0) is 31.0 Å². The van der Waals surface area contributed by atoms with Crippen LogP contribution in [0.3, 0.4) is 0 Å². The fraction of sp³-hybridized carbons (Fsp3) is 0.516. The molecule has 1 atom stereocenters. The van der Waals surface area contributed by atoms with Crippen LogP contribution in [0.2, 0.25) is 0 Å². The van der Waals surface area contributed by atoms with E-state index in [1.807, 2.05) is 13.0 Å². The van der Waals surface area contributed by atoms with Crippen molar-refractivity contribution in [1.82, 2.24) is 4.90 Å². The summed E-state index contributed by atoms with van der Waals surface area (Å²) in [6, 6.07) is 6.47. The topological polar surface area (TPSA) is 105 Å². The Hall–Kier alpha value is -3.53. The van der Waals surface area contributed by atoms with Crippen molar-refractivity contribution in [1.29, 1.82) is 0 Å². The molecular formula is C31H38F2N2O6. The number of ether oxygens (including phenoxy) is 2. The van der Waals surface area contributed by atoms with Crippen LogP contribution in [0.25, 0.3) is 0 Å². The minimum atomic E-state index is -1.03. The van der Waals surface area contributed by atoms with Gasteiger partial charge in [0.25, 0.3) is 5.91 Å². The van der Waals surface area contributed by atoms with Crippen LogP contribution >= 0.6 is 0 Å². The fourth-order valence-electron chi connectivity index (χ4n) is 5.90. The molecule has 0 saturated heterocycles. The van der Waals surface area contributed by atoms with Gasteiger partial charge >= 0.3 is 5.97 Å². The van der Waals surface area contributed by atoms with Gasteiger partial charge < -0.3 is 24.8 Å². The Morgan fingerprint density at radius 2 is 1.76 bits per heavy atom. The quantitative estimate of drug-likeness (QED) is 0.382. The number of hydrogen-bond donors (Lipinski definition) is 2. The standard InChI is InChI=1S/C31H38F2N2O6/c1-5-40-17-31(3,4)27-24(32)15-21(16-25(27)33)34-29(38)28-23-8-7-22(41-6-2)14-19(23)9-10-35(28)30(39)20-11-18(12-20)13-26(36)37/h7-8,14-16,18,20,28H,5-6,9-13,17H2,1-4H3,(H,34,38)(H,36,37). The lowest BCUT2D eigenvalue weighted by Gasteiger charge is -2.42. The zero-order chi connectivity index (χ0) is 29.9. The molecule has 222 valence electrons. The second-order valence-electron chi connectivity index (χ2n) is 11.4. The second kappa shape index (κ2) is 12.5. The number of carbonyl (C=O) groups excluding carboxylic acids is 2. The average Bonchev–Trinajstić information content (AvgIpc) is 2.87.